The lowest BCUT2D eigenvalue weighted by atomic mass is 10.2. The van der Waals surface area contributed by atoms with E-state index in [9.17, 15) is 0 Å². The molecule has 4 nitrogen and oxygen atoms in total. The maximum Gasteiger partial charge on any atom is 0.225 e. The maximum absolute atomic E-state index is 4.27. The Kier molecular flexibility index (Phi) is 3.51. The van der Waals surface area contributed by atoms with Crippen LogP contribution in [0.3, 0.4) is 0 Å². The molecule has 0 atom stereocenters. The molecule has 1 aromatic heterocycles. The fourth-order valence-electron chi connectivity index (χ4n) is 1.94. The Morgan fingerprint density at radius 2 is 1.88 bits per heavy atom. The van der Waals surface area contributed by atoms with Crippen LogP contribution in [0.25, 0.3) is 0 Å². The zero-order valence-corrected chi connectivity index (χ0v) is 9.76. The van der Waals surface area contributed by atoms with E-state index in [-0.39, 0.29) is 0 Å². The maximum atomic E-state index is 4.27. The van der Waals surface area contributed by atoms with Gasteiger partial charge < -0.3 is 4.90 Å². The second kappa shape index (κ2) is 5.07. The zero-order valence-electron chi connectivity index (χ0n) is 9.76. The smallest absolute Gasteiger partial charge is 0.225 e. The number of hydrogen-bond acceptors (Lipinski definition) is 4. The Morgan fingerprint density at radius 1 is 1.25 bits per heavy atom. The predicted molar refractivity (Wildman–Crippen MR) is 65.5 cm³/mol. The lowest BCUT2D eigenvalue weighted by Gasteiger charge is -2.34. The summed E-state index contributed by atoms with van der Waals surface area (Å²) in [5, 5.41) is 0. The van der Waals surface area contributed by atoms with E-state index in [1.807, 2.05) is 6.07 Å². The first-order chi connectivity index (χ1) is 7.75. The molecule has 1 aliphatic rings. The summed E-state index contributed by atoms with van der Waals surface area (Å²) in [5.74, 6) is 0.845. The Morgan fingerprint density at radius 3 is 2.44 bits per heavy atom. The summed E-state index contributed by atoms with van der Waals surface area (Å²) in [6.07, 6.45) is 3.59. The van der Waals surface area contributed by atoms with Gasteiger partial charge in [0.25, 0.3) is 0 Å². The van der Waals surface area contributed by atoms with Crippen LogP contribution in [0, 0.1) is 0 Å². The van der Waals surface area contributed by atoms with Gasteiger partial charge in [-0.3, -0.25) is 4.90 Å². The molecule has 16 heavy (non-hydrogen) atoms. The highest BCUT2D eigenvalue weighted by Gasteiger charge is 2.18. The van der Waals surface area contributed by atoms with Crippen molar-refractivity contribution in [1.29, 1.82) is 0 Å². The van der Waals surface area contributed by atoms with Crippen LogP contribution in [-0.2, 0) is 0 Å². The third-order valence-electron chi connectivity index (χ3n) is 2.70. The normalized spacial score (nSPS) is 17.4. The fraction of sp³-hybridized carbons (Fsp3) is 0.500. The van der Waals surface area contributed by atoms with Crippen molar-refractivity contribution in [3.63, 3.8) is 0 Å². The highest BCUT2D eigenvalue weighted by Crippen LogP contribution is 2.10. The summed E-state index contributed by atoms with van der Waals surface area (Å²) in [6, 6.07) is 1.85. The van der Waals surface area contributed by atoms with Gasteiger partial charge in [0.1, 0.15) is 0 Å². The first-order valence-corrected chi connectivity index (χ1v) is 5.64. The SMILES string of the molecule is C=C(C)CN1CCN(c2ncccn2)CC1. The highest BCUT2D eigenvalue weighted by atomic mass is 15.3. The van der Waals surface area contributed by atoms with Crippen molar-refractivity contribution < 1.29 is 0 Å². The summed E-state index contributed by atoms with van der Waals surface area (Å²) in [6.45, 7) is 11.1. The number of aromatic nitrogens is 2. The third-order valence-corrected chi connectivity index (χ3v) is 2.70. The van der Waals surface area contributed by atoms with Crippen molar-refractivity contribution >= 4 is 5.95 Å². The summed E-state index contributed by atoms with van der Waals surface area (Å²) in [4.78, 5) is 13.2. The van der Waals surface area contributed by atoms with E-state index in [1.165, 1.54) is 5.57 Å². The first kappa shape index (κ1) is 11.1. The summed E-state index contributed by atoms with van der Waals surface area (Å²) in [7, 11) is 0. The average molecular weight is 218 g/mol. The van der Waals surface area contributed by atoms with Gasteiger partial charge in [-0.05, 0) is 13.0 Å². The number of rotatable bonds is 3. The van der Waals surface area contributed by atoms with Crippen LogP contribution in [0.5, 0.6) is 0 Å². The van der Waals surface area contributed by atoms with Gasteiger partial charge in [0.05, 0.1) is 0 Å². The second-order valence-corrected chi connectivity index (χ2v) is 4.27. The molecule has 2 rings (SSSR count). The van der Waals surface area contributed by atoms with Crippen LogP contribution in [0.2, 0.25) is 0 Å². The van der Waals surface area contributed by atoms with Crippen molar-refractivity contribution in [2.24, 2.45) is 0 Å². The van der Waals surface area contributed by atoms with Gasteiger partial charge in [0.2, 0.25) is 5.95 Å². The topological polar surface area (TPSA) is 32.3 Å². The molecule has 0 saturated carbocycles. The molecule has 1 aliphatic heterocycles. The quantitative estimate of drug-likeness (QED) is 0.713. The van der Waals surface area contributed by atoms with Crippen molar-refractivity contribution in [2.45, 2.75) is 6.92 Å². The molecule has 1 aromatic rings. The molecule has 0 aliphatic carbocycles. The molecule has 0 bridgehead atoms. The molecule has 0 unspecified atom stereocenters. The van der Waals surface area contributed by atoms with Gasteiger partial charge >= 0.3 is 0 Å². The van der Waals surface area contributed by atoms with Crippen molar-refractivity contribution in [3.8, 4) is 0 Å². The molecule has 0 amide bonds. The molecule has 86 valence electrons. The van der Waals surface area contributed by atoms with Crippen molar-refractivity contribution in [3.05, 3.63) is 30.6 Å². The van der Waals surface area contributed by atoms with E-state index in [1.54, 1.807) is 12.4 Å². The molecular formula is C12H18N4. The van der Waals surface area contributed by atoms with Crippen molar-refractivity contribution in [1.82, 2.24) is 14.9 Å². The Hall–Kier alpha value is -1.42. The lowest BCUT2D eigenvalue weighted by molar-refractivity contribution is 0.277. The first-order valence-electron chi connectivity index (χ1n) is 5.64. The molecule has 0 aromatic carbocycles. The number of nitrogens with zero attached hydrogens (tertiary/aromatic N) is 4. The minimum Gasteiger partial charge on any atom is -0.338 e. The number of piperazine rings is 1. The van der Waals surface area contributed by atoms with E-state index >= 15 is 0 Å². The summed E-state index contributed by atoms with van der Waals surface area (Å²) >= 11 is 0. The minimum atomic E-state index is 0.845. The van der Waals surface area contributed by atoms with Crippen LogP contribution in [0.15, 0.2) is 30.6 Å². The number of hydrogen-bond donors (Lipinski definition) is 0. The minimum absolute atomic E-state index is 0.845. The van der Waals surface area contributed by atoms with Crippen LogP contribution >= 0.6 is 0 Å². The average Bonchev–Trinajstić information content (AvgIpc) is 2.30. The van der Waals surface area contributed by atoms with E-state index in [2.05, 4.69) is 33.3 Å². The molecule has 2 heterocycles. The van der Waals surface area contributed by atoms with E-state index in [0.29, 0.717) is 0 Å². The molecule has 1 fully saturated rings. The molecule has 0 N–H and O–H groups in total. The summed E-state index contributed by atoms with van der Waals surface area (Å²) < 4.78 is 0. The number of anilines is 1. The molecule has 4 heteroatoms. The standard InChI is InChI=1S/C12H18N4/c1-11(2)10-15-6-8-16(9-7-15)12-13-4-3-5-14-12/h3-5H,1,6-10H2,2H3. The Labute approximate surface area is 96.6 Å². The van der Waals surface area contributed by atoms with E-state index in [4.69, 9.17) is 0 Å². The Bertz CT molecular complexity index is 341. The van der Waals surface area contributed by atoms with E-state index < -0.39 is 0 Å². The van der Waals surface area contributed by atoms with Gasteiger partial charge in [0, 0.05) is 45.1 Å². The van der Waals surface area contributed by atoms with Gasteiger partial charge in [-0.15, -0.1) is 0 Å². The van der Waals surface area contributed by atoms with Crippen LogP contribution in [0.4, 0.5) is 5.95 Å². The van der Waals surface area contributed by atoms with Crippen LogP contribution in [-0.4, -0.2) is 47.6 Å². The van der Waals surface area contributed by atoms with Crippen LogP contribution < -0.4 is 4.90 Å². The highest BCUT2D eigenvalue weighted by molar-refractivity contribution is 5.29. The second-order valence-electron chi connectivity index (χ2n) is 4.27. The van der Waals surface area contributed by atoms with Gasteiger partial charge in [-0.25, -0.2) is 9.97 Å². The summed E-state index contributed by atoms with van der Waals surface area (Å²) in [5.41, 5.74) is 1.23. The molecule has 1 saturated heterocycles. The molecule has 0 spiro atoms. The fourth-order valence-corrected chi connectivity index (χ4v) is 1.94. The predicted octanol–water partition coefficient (Wildman–Crippen LogP) is 1.17. The monoisotopic (exact) mass is 218 g/mol. The van der Waals surface area contributed by atoms with Gasteiger partial charge in [-0.2, -0.15) is 0 Å². The lowest BCUT2D eigenvalue weighted by Crippen LogP contribution is -2.47. The van der Waals surface area contributed by atoms with E-state index in [0.717, 1.165) is 38.7 Å². The molecule has 0 radical (unpaired) electrons. The van der Waals surface area contributed by atoms with Crippen molar-refractivity contribution in [2.75, 3.05) is 37.6 Å². The van der Waals surface area contributed by atoms with Gasteiger partial charge in [0.15, 0.2) is 0 Å². The Balaban J connectivity index is 1.88. The largest absolute Gasteiger partial charge is 0.338 e. The van der Waals surface area contributed by atoms with Crippen LogP contribution in [0.1, 0.15) is 6.92 Å². The van der Waals surface area contributed by atoms with Gasteiger partial charge in [-0.1, -0.05) is 12.2 Å². The zero-order chi connectivity index (χ0) is 11.4. The third kappa shape index (κ3) is 2.79. The molecular weight excluding hydrogens is 200 g/mol.